The molecule has 1 aliphatic heterocycles. The van der Waals surface area contributed by atoms with E-state index in [1.807, 2.05) is 5.01 Å². The summed E-state index contributed by atoms with van der Waals surface area (Å²) in [6.07, 6.45) is 4.25. The topological polar surface area (TPSA) is 29.3 Å². The summed E-state index contributed by atoms with van der Waals surface area (Å²) >= 11 is 0. The first-order valence-electron chi connectivity index (χ1n) is 4.24. The van der Waals surface area contributed by atoms with Gasteiger partial charge in [0.05, 0.1) is 0 Å². The van der Waals surface area contributed by atoms with Crippen molar-refractivity contribution in [2.45, 2.75) is 26.2 Å². The van der Waals surface area contributed by atoms with Gasteiger partial charge in [-0.25, -0.2) is 5.01 Å². The molecule has 10 heavy (non-hydrogen) atoms. The molecule has 1 spiro atoms. The van der Waals surface area contributed by atoms with E-state index in [0.29, 0.717) is 5.41 Å². The molecule has 2 nitrogen and oxygen atoms in total. The molecule has 2 fully saturated rings. The van der Waals surface area contributed by atoms with Crippen molar-refractivity contribution in [1.82, 2.24) is 5.01 Å². The molecule has 0 aromatic rings. The number of hydrazine groups is 1. The van der Waals surface area contributed by atoms with Crippen LogP contribution >= 0.6 is 0 Å². The van der Waals surface area contributed by atoms with E-state index >= 15 is 0 Å². The van der Waals surface area contributed by atoms with Gasteiger partial charge in [0.2, 0.25) is 0 Å². The second-order valence-electron chi connectivity index (χ2n) is 4.09. The SMILES string of the molecule is CCC1CC2(C1)CN(N)C2. The van der Waals surface area contributed by atoms with Gasteiger partial charge in [0.1, 0.15) is 0 Å². The van der Waals surface area contributed by atoms with Crippen LogP contribution in [-0.4, -0.2) is 18.1 Å². The van der Waals surface area contributed by atoms with E-state index in [1.165, 1.54) is 19.3 Å². The Morgan fingerprint density at radius 1 is 1.50 bits per heavy atom. The van der Waals surface area contributed by atoms with E-state index in [9.17, 15) is 0 Å². The first kappa shape index (κ1) is 6.62. The molecule has 2 aliphatic rings. The second-order valence-corrected chi connectivity index (χ2v) is 4.09. The van der Waals surface area contributed by atoms with Crippen LogP contribution in [0.2, 0.25) is 0 Å². The average Bonchev–Trinajstić information content (AvgIpc) is 1.74. The fourth-order valence-electron chi connectivity index (χ4n) is 2.53. The first-order valence-corrected chi connectivity index (χ1v) is 4.24. The van der Waals surface area contributed by atoms with Crippen LogP contribution in [-0.2, 0) is 0 Å². The molecule has 0 amide bonds. The van der Waals surface area contributed by atoms with Crippen LogP contribution in [0.15, 0.2) is 0 Å². The summed E-state index contributed by atoms with van der Waals surface area (Å²) in [6, 6.07) is 0. The highest BCUT2D eigenvalue weighted by molar-refractivity contribution is 5.02. The van der Waals surface area contributed by atoms with Gasteiger partial charge in [-0.3, -0.25) is 5.84 Å². The Hall–Kier alpha value is -0.0800. The van der Waals surface area contributed by atoms with Crippen LogP contribution in [0.1, 0.15) is 26.2 Å². The molecule has 0 atom stereocenters. The standard InChI is InChI=1S/C8H16N2/c1-2-7-3-8(4-7)5-10(9)6-8/h7H,2-6,9H2,1H3. The lowest BCUT2D eigenvalue weighted by molar-refractivity contribution is -0.0956. The molecule has 58 valence electrons. The second kappa shape index (κ2) is 1.95. The lowest BCUT2D eigenvalue weighted by Gasteiger charge is -2.57. The summed E-state index contributed by atoms with van der Waals surface area (Å²) in [5, 5.41) is 1.94. The van der Waals surface area contributed by atoms with Crippen LogP contribution in [0.5, 0.6) is 0 Å². The number of hydrogen-bond donors (Lipinski definition) is 1. The lowest BCUT2D eigenvalue weighted by Crippen LogP contribution is -2.64. The summed E-state index contributed by atoms with van der Waals surface area (Å²) in [5.41, 5.74) is 0.690. The zero-order chi connectivity index (χ0) is 7.19. The summed E-state index contributed by atoms with van der Waals surface area (Å²) in [6.45, 7) is 4.60. The largest absolute Gasteiger partial charge is 0.269 e. The Labute approximate surface area is 62.4 Å². The molecule has 0 aromatic heterocycles. The molecular formula is C8H16N2. The minimum Gasteiger partial charge on any atom is -0.269 e. The van der Waals surface area contributed by atoms with E-state index in [0.717, 1.165) is 19.0 Å². The molecule has 0 unspecified atom stereocenters. The predicted molar refractivity (Wildman–Crippen MR) is 41.2 cm³/mol. The van der Waals surface area contributed by atoms with Crippen LogP contribution in [0.3, 0.4) is 0 Å². The van der Waals surface area contributed by atoms with Gasteiger partial charge < -0.3 is 0 Å². The van der Waals surface area contributed by atoms with Crippen LogP contribution in [0.4, 0.5) is 0 Å². The van der Waals surface area contributed by atoms with Gasteiger partial charge in [-0.15, -0.1) is 0 Å². The fourth-order valence-corrected chi connectivity index (χ4v) is 2.53. The molecule has 2 N–H and O–H groups in total. The highest BCUT2D eigenvalue weighted by Gasteiger charge is 2.50. The molecule has 0 radical (unpaired) electrons. The van der Waals surface area contributed by atoms with Gasteiger partial charge in [0, 0.05) is 13.1 Å². The molecule has 2 rings (SSSR count). The van der Waals surface area contributed by atoms with Crippen molar-refractivity contribution in [1.29, 1.82) is 0 Å². The highest BCUT2D eigenvalue weighted by Crippen LogP contribution is 2.51. The van der Waals surface area contributed by atoms with E-state index in [1.54, 1.807) is 0 Å². The fraction of sp³-hybridized carbons (Fsp3) is 1.00. The minimum absolute atomic E-state index is 0.690. The average molecular weight is 140 g/mol. The third-order valence-electron chi connectivity index (χ3n) is 3.10. The molecule has 1 heterocycles. The summed E-state index contributed by atoms with van der Waals surface area (Å²) < 4.78 is 0. The minimum atomic E-state index is 0.690. The third-order valence-corrected chi connectivity index (χ3v) is 3.10. The maximum absolute atomic E-state index is 5.58. The zero-order valence-corrected chi connectivity index (χ0v) is 6.64. The predicted octanol–water partition coefficient (Wildman–Crippen LogP) is 0.982. The maximum Gasteiger partial charge on any atom is 0.0198 e. The summed E-state index contributed by atoms with van der Waals surface area (Å²) in [7, 11) is 0. The van der Waals surface area contributed by atoms with Crippen molar-refractivity contribution >= 4 is 0 Å². The van der Waals surface area contributed by atoms with E-state index in [2.05, 4.69) is 6.92 Å². The van der Waals surface area contributed by atoms with Crippen LogP contribution in [0, 0.1) is 11.3 Å². The Morgan fingerprint density at radius 3 is 2.50 bits per heavy atom. The maximum atomic E-state index is 5.58. The monoisotopic (exact) mass is 140 g/mol. The first-order chi connectivity index (χ1) is 4.74. The van der Waals surface area contributed by atoms with Crippen molar-refractivity contribution in [3.05, 3.63) is 0 Å². The number of rotatable bonds is 1. The van der Waals surface area contributed by atoms with Gasteiger partial charge in [-0.2, -0.15) is 0 Å². The smallest absolute Gasteiger partial charge is 0.0198 e. The molecule has 1 saturated carbocycles. The number of nitrogens with zero attached hydrogens (tertiary/aromatic N) is 1. The summed E-state index contributed by atoms with van der Waals surface area (Å²) in [4.78, 5) is 0. The summed E-state index contributed by atoms with van der Waals surface area (Å²) in [5.74, 6) is 6.61. The lowest BCUT2D eigenvalue weighted by atomic mass is 9.57. The Morgan fingerprint density at radius 2 is 2.10 bits per heavy atom. The quantitative estimate of drug-likeness (QED) is 0.550. The van der Waals surface area contributed by atoms with Gasteiger partial charge in [0.25, 0.3) is 0 Å². The van der Waals surface area contributed by atoms with Gasteiger partial charge in [-0.1, -0.05) is 13.3 Å². The van der Waals surface area contributed by atoms with Crippen molar-refractivity contribution in [2.75, 3.05) is 13.1 Å². The highest BCUT2D eigenvalue weighted by atomic mass is 15.4. The molecule has 0 aromatic carbocycles. The number of hydrogen-bond acceptors (Lipinski definition) is 2. The van der Waals surface area contributed by atoms with Gasteiger partial charge in [0.15, 0.2) is 0 Å². The molecule has 1 aliphatic carbocycles. The van der Waals surface area contributed by atoms with Gasteiger partial charge in [-0.05, 0) is 24.2 Å². The molecule has 2 heteroatoms. The third kappa shape index (κ3) is 0.789. The van der Waals surface area contributed by atoms with Crippen molar-refractivity contribution in [3.8, 4) is 0 Å². The Balaban J connectivity index is 1.80. The van der Waals surface area contributed by atoms with Crippen molar-refractivity contribution < 1.29 is 0 Å². The molecular weight excluding hydrogens is 124 g/mol. The Bertz CT molecular complexity index is 130. The van der Waals surface area contributed by atoms with Crippen LogP contribution < -0.4 is 5.84 Å². The Kier molecular flexibility index (Phi) is 1.29. The van der Waals surface area contributed by atoms with E-state index < -0.39 is 0 Å². The van der Waals surface area contributed by atoms with Crippen LogP contribution in [0.25, 0.3) is 0 Å². The van der Waals surface area contributed by atoms with E-state index in [4.69, 9.17) is 5.84 Å². The van der Waals surface area contributed by atoms with Gasteiger partial charge >= 0.3 is 0 Å². The number of nitrogens with two attached hydrogens (primary N) is 1. The zero-order valence-electron chi connectivity index (χ0n) is 6.64. The molecule has 1 saturated heterocycles. The van der Waals surface area contributed by atoms with Crippen molar-refractivity contribution in [3.63, 3.8) is 0 Å². The molecule has 0 bridgehead atoms. The normalized spacial score (nSPS) is 31.8. The van der Waals surface area contributed by atoms with Crippen molar-refractivity contribution in [2.24, 2.45) is 17.2 Å². The van der Waals surface area contributed by atoms with E-state index in [-0.39, 0.29) is 0 Å².